The number of halogens is 1. The van der Waals surface area contributed by atoms with Gasteiger partial charge in [-0.25, -0.2) is 17.6 Å². The van der Waals surface area contributed by atoms with Crippen LogP contribution in [0.4, 0.5) is 15.8 Å². The monoisotopic (exact) mass is 468 g/mol. The van der Waals surface area contributed by atoms with Crippen LogP contribution < -0.4 is 9.62 Å². The number of fused-ring (bicyclic) bond motifs is 1. The number of amides is 1. The third-order valence-corrected chi connectivity index (χ3v) is 7.00. The number of anilines is 2. The Morgan fingerprint density at radius 3 is 2.55 bits per heavy atom. The predicted octanol–water partition coefficient (Wildman–Crippen LogP) is 3.76. The number of carbonyl (C=O) groups excluding carboxylic acids is 2. The van der Waals surface area contributed by atoms with Gasteiger partial charge in [0.25, 0.3) is 15.9 Å². The van der Waals surface area contributed by atoms with Gasteiger partial charge in [-0.1, -0.05) is 24.3 Å². The summed E-state index contributed by atoms with van der Waals surface area (Å²) in [5.74, 6) is -1.88. The van der Waals surface area contributed by atoms with Crippen molar-refractivity contribution in [2.45, 2.75) is 17.7 Å². The van der Waals surface area contributed by atoms with Crippen LogP contribution in [-0.2, 0) is 26.0 Å². The number of benzene rings is 3. The first-order chi connectivity index (χ1) is 15.8. The Morgan fingerprint density at radius 2 is 1.76 bits per heavy atom. The van der Waals surface area contributed by atoms with E-state index in [0.29, 0.717) is 24.3 Å². The standard InChI is InChI=1S/C24H21FN2O5S/c25-19-10-12-20(13-11-19)26-23(28)16-32-24(29)18-6-3-8-21(15-18)33(30,31)27-14-4-7-17-5-1-2-9-22(17)27/h1-3,5-6,8-13,15H,4,7,14,16H2,(H,26,28). The zero-order valence-corrected chi connectivity index (χ0v) is 18.3. The normalized spacial score (nSPS) is 13.2. The summed E-state index contributed by atoms with van der Waals surface area (Å²) in [7, 11) is -3.89. The second kappa shape index (κ2) is 9.41. The molecule has 0 radical (unpaired) electrons. The van der Waals surface area contributed by atoms with E-state index in [1.807, 2.05) is 12.1 Å². The van der Waals surface area contributed by atoms with Crippen molar-refractivity contribution >= 4 is 33.3 Å². The van der Waals surface area contributed by atoms with Crippen LogP contribution in [0.5, 0.6) is 0 Å². The molecule has 1 aliphatic heterocycles. The molecule has 0 saturated heterocycles. The molecule has 0 spiro atoms. The summed E-state index contributed by atoms with van der Waals surface area (Å²) >= 11 is 0. The Kier molecular flexibility index (Phi) is 6.41. The number of esters is 1. The van der Waals surface area contributed by atoms with Gasteiger partial charge in [0.05, 0.1) is 16.1 Å². The number of aryl methyl sites for hydroxylation is 1. The highest BCUT2D eigenvalue weighted by Crippen LogP contribution is 2.32. The summed E-state index contributed by atoms with van der Waals surface area (Å²) in [6.45, 7) is -0.232. The smallest absolute Gasteiger partial charge is 0.338 e. The largest absolute Gasteiger partial charge is 0.452 e. The zero-order chi connectivity index (χ0) is 23.4. The first-order valence-corrected chi connectivity index (χ1v) is 11.7. The molecular formula is C24H21FN2O5S. The van der Waals surface area contributed by atoms with Crippen molar-refractivity contribution < 1.29 is 27.1 Å². The maximum absolute atomic E-state index is 13.3. The van der Waals surface area contributed by atoms with Crippen molar-refractivity contribution in [1.29, 1.82) is 0 Å². The fraction of sp³-hybridized carbons (Fsp3) is 0.167. The number of carbonyl (C=O) groups is 2. The molecule has 1 aliphatic rings. The van der Waals surface area contributed by atoms with Gasteiger partial charge in [0.1, 0.15) is 5.82 Å². The number of hydrogen-bond acceptors (Lipinski definition) is 5. The van der Waals surface area contributed by atoms with Crippen molar-refractivity contribution in [2.24, 2.45) is 0 Å². The maximum atomic E-state index is 13.3. The van der Waals surface area contributed by atoms with E-state index in [4.69, 9.17) is 4.74 Å². The molecule has 0 fully saturated rings. The van der Waals surface area contributed by atoms with E-state index in [1.54, 1.807) is 12.1 Å². The molecule has 170 valence electrons. The van der Waals surface area contributed by atoms with Gasteiger partial charge in [0, 0.05) is 12.2 Å². The Bertz CT molecular complexity index is 1290. The lowest BCUT2D eigenvalue weighted by molar-refractivity contribution is -0.119. The fourth-order valence-electron chi connectivity index (χ4n) is 3.60. The quantitative estimate of drug-likeness (QED) is 0.556. The molecule has 33 heavy (non-hydrogen) atoms. The van der Waals surface area contributed by atoms with Crippen molar-refractivity contribution in [2.75, 3.05) is 22.8 Å². The fourth-order valence-corrected chi connectivity index (χ4v) is 5.19. The lowest BCUT2D eigenvalue weighted by Crippen LogP contribution is -2.35. The molecule has 1 N–H and O–H groups in total. The summed E-state index contributed by atoms with van der Waals surface area (Å²) in [6.07, 6.45) is 1.50. The number of rotatable bonds is 6. The third kappa shape index (κ3) is 5.04. The number of ether oxygens (including phenoxy) is 1. The molecular weight excluding hydrogens is 447 g/mol. The van der Waals surface area contributed by atoms with Crippen LogP contribution in [0.1, 0.15) is 22.3 Å². The summed E-state index contributed by atoms with van der Waals surface area (Å²) in [4.78, 5) is 24.4. The number of nitrogens with zero attached hydrogens (tertiary/aromatic N) is 1. The second-order valence-corrected chi connectivity index (χ2v) is 9.33. The SMILES string of the molecule is O=C(COC(=O)c1cccc(S(=O)(=O)N2CCCc3ccccc32)c1)Nc1ccc(F)cc1. The van der Waals surface area contributed by atoms with Crippen molar-refractivity contribution in [3.63, 3.8) is 0 Å². The molecule has 0 aliphatic carbocycles. The lowest BCUT2D eigenvalue weighted by atomic mass is 10.0. The molecule has 7 nitrogen and oxygen atoms in total. The van der Waals surface area contributed by atoms with E-state index >= 15 is 0 Å². The summed E-state index contributed by atoms with van der Waals surface area (Å²) in [5.41, 5.74) is 1.95. The van der Waals surface area contributed by atoms with E-state index in [9.17, 15) is 22.4 Å². The van der Waals surface area contributed by atoms with Gasteiger partial charge in [0.15, 0.2) is 6.61 Å². The van der Waals surface area contributed by atoms with Gasteiger partial charge in [0.2, 0.25) is 0 Å². The van der Waals surface area contributed by atoms with Crippen LogP contribution in [0.3, 0.4) is 0 Å². The van der Waals surface area contributed by atoms with Crippen molar-refractivity contribution in [3.8, 4) is 0 Å². The van der Waals surface area contributed by atoms with E-state index in [1.165, 1.54) is 52.8 Å². The number of nitrogens with one attached hydrogen (secondary N) is 1. The van der Waals surface area contributed by atoms with Gasteiger partial charge in [-0.15, -0.1) is 0 Å². The molecule has 3 aromatic carbocycles. The van der Waals surface area contributed by atoms with Crippen LogP contribution in [0.25, 0.3) is 0 Å². The molecule has 0 saturated carbocycles. The number of para-hydroxylation sites is 1. The number of hydrogen-bond donors (Lipinski definition) is 1. The molecule has 0 atom stereocenters. The van der Waals surface area contributed by atoms with Crippen LogP contribution in [0.15, 0.2) is 77.7 Å². The Hall–Kier alpha value is -3.72. The summed E-state index contributed by atoms with van der Waals surface area (Å²) < 4.78 is 45.9. The Labute approximate surface area is 190 Å². The van der Waals surface area contributed by atoms with E-state index < -0.39 is 34.3 Å². The highest BCUT2D eigenvalue weighted by molar-refractivity contribution is 7.92. The van der Waals surface area contributed by atoms with Crippen molar-refractivity contribution in [3.05, 3.63) is 89.7 Å². The zero-order valence-electron chi connectivity index (χ0n) is 17.5. The summed E-state index contributed by atoms with van der Waals surface area (Å²) in [5, 5.41) is 2.48. The Morgan fingerprint density at radius 1 is 1.00 bits per heavy atom. The minimum atomic E-state index is -3.89. The van der Waals surface area contributed by atoms with Gasteiger partial charge >= 0.3 is 5.97 Å². The molecule has 4 rings (SSSR count). The maximum Gasteiger partial charge on any atom is 0.338 e. The second-order valence-electron chi connectivity index (χ2n) is 7.47. The van der Waals surface area contributed by atoms with Gasteiger partial charge in [-0.05, 0) is 66.9 Å². The minimum absolute atomic E-state index is 0.0101. The molecule has 1 amide bonds. The highest BCUT2D eigenvalue weighted by Gasteiger charge is 2.29. The lowest BCUT2D eigenvalue weighted by Gasteiger charge is -2.30. The average Bonchev–Trinajstić information content (AvgIpc) is 2.83. The first-order valence-electron chi connectivity index (χ1n) is 10.3. The average molecular weight is 469 g/mol. The third-order valence-electron chi connectivity index (χ3n) is 5.19. The van der Waals surface area contributed by atoms with E-state index in [-0.39, 0.29) is 10.5 Å². The van der Waals surface area contributed by atoms with Crippen LogP contribution in [-0.4, -0.2) is 33.4 Å². The topological polar surface area (TPSA) is 92.8 Å². The van der Waals surface area contributed by atoms with Crippen LogP contribution in [0, 0.1) is 5.82 Å². The highest BCUT2D eigenvalue weighted by atomic mass is 32.2. The van der Waals surface area contributed by atoms with Gasteiger partial charge < -0.3 is 10.1 Å². The van der Waals surface area contributed by atoms with Crippen LogP contribution in [0.2, 0.25) is 0 Å². The van der Waals surface area contributed by atoms with Crippen LogP contribution >= 0.6 is 0 Å². The Balaban J connectivity index is 1.45. The van der Waals surface area contributed by atoms with Gasteiger partial charge in [-0.2, -0.15) is 0 Å². The molecule has 1 heterocycles. The van der Waals surface area contributed by atoms with E-state index in [0.717, 1.165) is 12.0 Å². The molecule has 0 bridgehead atoms. The van der Waals surface area contributed by atoms with Gasteiger partial charge in [-0.3, -0.25) is 9.10 Å². The van der Waals surface area contributed by atoms with E-state index in [2.05, 4.69) is 5.32 Å². The molecule has 0 unspecified atom stereocenters. The predicted molar refractivity (Wildman–Crippen MR) is 121 cm³/mol. The van der Waals surface area contributed by atoms with Crippen molar-refractivity contribution in [1.82, 2.24) is 0 Å². The summed E-state index contributed by atoms with van der Waals surface area (Å²) in [6, 6.07) is 18.0. The first kappa shape index (κ1) is 22.5. The molecule has 0 aromatic heterocycles. The minimum Gasteiger partial charge on any atom is -0.452 e. The molecule has 3 aromatic rings. The molecule has 9 heteroatoms. The number of sulfonamides is 1.